The Morgan fingerprint density at radius 3 is 2.61 bits per heavy atom. The first-order valence-electron chi connectivity index (χ1n) is 9.68. The smallest absolute Gasteiger partial charge is 0.143 e. The molecule has 0 amide bonds. The molecule has 4 rings (SSSR count). The van der Waals surface area contributed by atoms with Crippen molar-refractivity contribution in [2.75, 3.05) is 18.1 Å². The number of rotatable bonds is 7. The van der Waals surface area contributed by atoms with Crippen molar-refractivity contribution in [3.8, 4) is 5.75 Å². The van der Waals surface area contributed by atoms with Gasteiger partial charge in [-0.25, -0.2) is 0 Å². The Bertz CT molecular complexity index is 929. The van der Waals surface area contributed by atoms with Gasteiger partial charge >= 0.3 is 0 Å². The summed E-state index contributed by atoms with van der Waals surface area (Å²) in [5.74, 6) is 0.914. The third-order valence-electron chi connectivity index (χ3n) is 5.24. The van der Waals surface area contributed by atoms with Crippen LogP contribution in [0.5, 0.6) is 5.75 Å². The zero-order valence-corrected chi connectivity index (χ0v) is 17.3. The van der Waals surface area contributed by atoms with Crippen LogP contribution in [0.3, 0.4) is 0 Å². The Kier molecular flexibility index (Phi) is 5.98. The Morgan fingerprint density at radius 2 is 1.82 bits per heavy atom. The Labute approximate surface area is 174 Å². The molecular weight excluding hydrogens is 414 g/mol. The summed E-state index contributed by atoms with van der Waals surface area (Å²) in [7, 11) is 0. The van der Waals surface area contributed by atoms with Gasteiger partial charge in [-0.1, -0.05) is 70.5 Å². The van der Waals surface area contributed by atoms with Crippen molar-refractivity contribution in [1.29, 1.82) is 0 Å². The lowest BCUT2D eigenvalue weighted by atomic mass is 10.0. The van der Waals surface area contributed by atoms with E-state index in [0.29, 0.717) is 13.0 Å². The van der Waals surface area contributed by atoms with E-state index in [1.807, 2.05) is 24.3 Å². The topological polar surface area (TPSA) is 32.7 Å². The number of hydrogen-bond donors (Lipinski definition) is 1. The molecule has 1 N–H and O–H groups in total. The molecule has 0 saturated carbocycles. The van der Waals surface area contributed by atoms with Crippen LogP contribution in [-0.2, 0) is 13.0 Å². The lowest BCUT2D eigenvalue weighted by Gasteiger charge is -2.32. The number of hydrogen-bond acceptors (Lipinski definition) is 3. The normalized spacial score (nSPS) is 14.0. The summed E-state index contributed by atoms with van der Waals surface area (Å²) < 4.78 is 7.30. The van der Waals surface area contributed by atoms with Crippen molar-refractivity contribution in [1.82, 2.24) is 0 Å². The van der Waals surface area contributed by atoms with Crippen molar-refractivity contribution in [3.05, 3.63) is 94.0 Å². The maximum absolute atomic E-state index is 9.73. The van der Waals surface area contributed by atoms with Gasteiger partial charge < -0.3 is 14.7 Å². The third-order valence-corrected chi connectivity index (χ3v) is 5.73. The summed E-state index contributed by atoms with van der Waals surface area (Å²) >= 11 is 3.58. The van der Waals surface area contributed by atoms with E-state index in [0.717, 1.165) is 34.4 Å². The van der Waals surface area contributed by atoms with Crippen LogP contribution in [0.1, 0.15) is 29.2 Å². The first kappa shape index (κ1) is 19.0. The van der Waals surface area contributed by atoms with Crippen molar-refractivity contribution < 1.29 is 9.84 Å². The SMILES string of the molecule is OCCC(c1cccc(Br)c1)N1CCc2cccc(OCc3ccccc3)c21. The molecule has 1 aliphatic rings. The largest absolute Gasteiger partial charge is 0.487 e. The molecule has 1 unspecified atom stereocenters. The van der Waals surface area contributed by atoms with Crippen LogP contribution in [0.15, 0.2) is 77.3 Å². The molecular formula is C24H24BrNO2. The maximum atomic E-state index is 9.73. The number of anilines is 1. The highest BCUT2D eigenvalue weighted by Crippen LogP contribution is 2.43. The fourth-order valence-corrected chi connectivity index (χ4v) is 4.37. The summed E-state index contributed by atoms with van der Waals surface area (Å²) in [5, 5.41) is 9.73. The zero-order chi connectivity index (χ0) is 19.3. The predicted molar refractivity (Wildman–Crippen MR) is 117 cm³/mol. The standard InChI is InChI=1S/C24H24BrNO2/c25-21-10-4-9-20(16-21)22(13-15-27)26-14-12-19-8-5-11-23(24(19)26)28-17-18-6-2-1-3-7-18/h1-11,16,22,27H,12-15,17H2. The first-order valence-corrected chi connectivity index (χ1v) is 10.5. The van der Waals surface area contributed by atoms with Crippen LogP contribution < -0.4 is 9.64 Å². The van der Waals surface area contributed by atoms with E-state index >= 15 is 0 Å². The van der Waals surface area contributed by atoms with Gasteiger partial charge in [0, 0.05) is 17.6 Å². The van der Waals surface area contributed by atoms with Crippen LogP contribution in [0.25, 0.3) is 0 Å². The number of para-hydroxylation sites is 1. The molecule has 0 saturated heterocycles. The number of fused-ring (bicyclic) bond motifs is 1. The third kappa shape index (κ3) is 4.08. The molecule has 0 aromatic heterocycles. The molecule has 1 aliphatic heterocycles. The molecule has 0 fully saturated rings. The summed E-state index contributed by atoms with van der Waals surface area (Å²) in [6.07, 6.45) is 1.68. The molecule has 28 heavy (non-hydrogen) atoms. The minimum atomic E-state index is 0.116. The summed E-state index contributed by atoms with van der Waals surface area (Å²) in [4.78, 5) is 2.40. The van der Waals surface area contributed by atoms with Gasteiger partial charge in [-0.2, -0.15) is 0 Å². The quantitative estimate of drug-likeness (QED) is 0.528. The van der Waals surface area contributed by atoms with E-state index in [9.17, 15) is 5.11 Å². The van der Waals surface area contributed by atoms with E-state index in [1.54, 1.807) is 0 Å². The molecule has 1 heterocycles. The second-order valence-electron chi connectivity index (χ2n) is 7.06. The summed E-state index contributed by atoms with van der Waals surface area (Å²) in [5.41, 5.74) is 4.83. The number of benzene rings is 3. The van der Waals surface area contributed by atoms with E-state index < -0.39 is 0 Å². The fraction of sp³-hybridized carbons (Fsp3) is 0.250. The number of aliphatic hydroxyl groups excluding tert-OH is 1. The second-order valence-corrected chi connectivity index (χ2v) is 7.98. The van der Waals surface area contributed by atoms with Crippen molar-refractivity contribution in [3.63, 3.8) is 0 Å². The molecule has 0 spiro atoms. The molecule has 4 heteroatoms. The van der Waals surface area contributed by atoms with Crippen molar-refractivity contribution >= 4 is 21.6 Å². The molecule has 0 radical (unpaired) electrons. The highest BCUT2D eigenvalue weighted by molar-refractivity contribution is 9.10. The zero-order valence-electron chi connectivity index (χ0n) is 15.7. The Hall–Kier alpha value is -2.30. The Balaban J connectivity index is 1.64. The number of ether oxygens (including phenoxy) is 1. The predicted octanol–water partition coefficient (Wildman–Crippen LogP) is 5.51. The Morgan fingerprint density at radius 1 is 1.00 bits per heavy atom. The summed E-state index contributed by atoms with van der Waals surface area (Å²) in [6, 6.07) is 25.0. The van der Waals surface area contributed by atoms with Crippen LogP contribution in [0.4, 0.5) is 5.69 Å². The van der Waals surface area contributed by atoms with Crippen LogP contribution in [-0.4, -0.2) is 18.3 Å². The van der Waals surface area contributed by atoms with Crippen molar-refractivity contribution in [2.45, 2.75) is 25.5 Å². The first-order chi connectivity index (χ1) is 13.8. The molecule has 0 aliphatic carbocycles. The molecule has 144 valence electrons. The molecule has 3 nitrogen and oxygen atoms in total. The van der Waals surface area contributed by atoms with Crippen molar-refractivity contribution in [2.24, 2.45) is 0 Å². The van der Waals surface area contributed by atoms with Gasteiger partial charge in [0.1, 0.15) is 12.4 Å². The van der Waals surface area contributed by atoms with Crippen LogP contribution in [0.2, 0.25) is 0 Å². The van der Waals surface area contributed by atoms with Crippen LogP contribution in [0, 0.1) is 0 Å². The van der Waals surface area contributed by atoms with E-state index in [4.69, 9.17) is 4.74 Å². The average molecular weight is 438 g/mol. The van der Waals surface area contributed by atoms with Crippen LogP contribution >= 0.6 is 15.9 Å². The van der Waals surface area contributed by atoms with Gasteiger partial charge in [0.15, 0.2) is 0 Å². The lowest BCUT2D eigenvalue weighted by molar-refractivity contribution is 0.272. The van der Waals surface area contributed by atoms with E-state index in [2.05, 4.69) is 69.4 Å². The highest BCUT2D eigenvalue weighted by Gasteiger charge is 2.30. The number of nitrogens with zero attached hydrogens (tertiary/aromatic N) is 1. The molecule has 3 aromatic carbocycles. The second kappa shape index (κ2) is 8.80. The molecule has 1 atom stereocenters. The highest BCUT2D eigenvalue weighted by atomic mass is 79.9. The van der Waals surface area contributed by atoms with Gasteiger partial charge in [0.2, 0.25) is 0 Å². The monoisotopic (exact) mass is 437 g/mol. The summed E-state index contributed by atoms with van der Waals surface area (Å²) in [6.45, 7) is 1.63. The van der Waals surface area contributed by atoms with Gasteiger partial charge in [-0.3, -0.25) is 0 Å². The lowest BCUT2D eigenvalue weighted by Crippen LogP contribution is -2.28. The number of halogens is 1. The van der Waals surface area contributed by atoms with E-state index in [1.165, 1.54) is 11.1 Å². The van der Waals surface area contributed by atoms with E-state index in [-0.39, 0.29) is 12.6 Å². The molecule has 0 bridgehead atoms. The molecule has 3 aromatic rings. The fourth-order valence-electron chi connectivity index (χ4n) is 3.95. The van der Waals surface area contributed by atoms with Gasteiger partial charge in [-0.15, -0.1) is 0 Å². The minimum Gasteiger partial charge on any atom is -0.487 e. The average Bonchev–Trinajstić information content (AvgIpc) is 3.16. The maximum Gasteiger partial charge on any atom is 0.143 e. The van der Waals surface area contributed by atoms with Gasteiger partial charge in [-0.05, 0) is 47.7 Å². The van der Waals surface area contributed by atoms with Gasteiger partial charge in [0.05, 0.1) is 11.7 Å². The number of aliphatic hydroxyl groups is 1. The van der Waals surface area contributed by atoms with Gasteiger partial charge in [0.25, 0.3) is 0 Å². The minimum absolute atomic E-state index is 0.116.